The predicted molar refractivity (Wildman–Crippen MR) is 111 cm³/mol. The molecule has 5 heteroatoms. The molecule has 0 bridgehead atoms. The number of carbonyl (C=O) groups excluding carboxylic acids is 1. The van der Waals surface area contributed by atoms with Crippen LogP contribution in [0.4, 0.5) is 5.69 Å². The number of rotatable bonds is 3. The van der Waals surface area contributed by atoms with Gasteiger partial charge in [-0.05, 0) is 30.7 Å². The van der Waals surface area contributed by atoms with Crippen molar-refractivity contribution in [3.63, 3.8) is 0 Å². The minimum atomic E-state index is -0.0403. The van der Waals surface area contributed by atoms with Gasteiger partial charge in [-0.15, -0.1) is 0 Å². The van der Waals surface area contributed by atoms with Gasteiger partial charge in [0.15, 0.2) is 0 Å². The molecule has 2 aliphatic heterocycles. The van der Waals surface area contributed by atoms with E-state index in [-0.39, 0.29) is 11.3 Å². The highest BCUT2D eigenvalue weighted by atomic mass is 32.2. The van der Waals surface area contributed by atoms with Gasteiger partial charge < -0.3 is 4.90 Å². The molecule has 3 nitrogen and oxygen atoms in total. The first-order chi connectivity index (χ1) is 11.9. The molecule has 0 radical (unpaired) electrons. The van der Waals surface area contributed by atoms with Gasteiger partial charge in [-0.1, -0.05) is 68.2 Å². The largest absolute Gasteiger partial charge is 0.347 e. The monoisotopic (exact) mass is 370 g/mol. The van der Waals surface area contributed by atoms with Gasteiger partial charge in [-0.3, -0.25) is 9.69 Å². The molecule has 25 heavy (non-hydrogen) atoms. The number of para-hydroxylation sites is 1. The number of carbonyl (C=O) groups is 1. The molecule has 0 spiro atoms. The number of amides is 1. The van der Waals surface area contributed by atoms with Crippen LogP contribution in [0.3, 0.4) is 0 Å². The number of hydrogen-bond donors (Lipinski definition) is 0. The molecule has 0 unspecified atom stereocenters. The number of thiocarbonyl (C=S) groups is 1. The SMILES string of the molecule is CCN1C(=O)\C(=C/C=C/C=C2/N(C)c3ccccc3C2(C)C)SC1=S. The average Bonchev–Trinajstić information content (AvgIpc) is 2.96. The first-order valence-corrected chi connectivity index (χ1v) is 9.56. The zero-order valence-electron chi connectivity index (χ0n) is 14.9. The van der Waals surface area contributed by atoms with Crippen molar-refractivity contribution >= 4 is 39.9 Å². The van der Waals surface area contributed by atoms with Crippen LogP contribution in [0.15, 0.2) is 59.2 Å². The van der Waals surface area contributed by atoms with E-state index in [4.69, 9.17) is 12.2 Å². The topological polar surface area (TPSA) is 23.6 Å². The Morgan fingerprint density at radius 2 is 1.88 bits per heavy atom. The predicted octanol–water partition coefficient (Wildman–Crippen LogP) is 4.62. The van der Waals surface area contributed by atoms with Gasteiger partial charge >= 0.3 is 0 Å². The highest BCUT2D eigenvalue weighted by molar-refractivity contribution is 8.26. The van der Waals surface area contributed by atoms with E-state index >= 15 is 0 Å². The van der Waals surface area contributed by atoms with Crippen molar-refractivity contribution in [1.82, 2.24) is 4.90 Å². The zero-order chi connectivity index (χ0) is 18.2. The van der Waals surface area contributed by atoms with Crippen molar-refractivity contribution in [3.8, 4) is 0 Å². The Bertz CT molecular complexity index is 821. The molecule has 2 heterocycles. The quantitative estimate of drug-likeness (QED) is 0.572. The molecule has 0 atom stereocenters. The fourth-order valence-corrected chi connectivity index (χ4v) is 4.71. The number of benzene rings is 1. The molecule has 0 aliphatic carbocycles. The van der Waals surface area contributed by atoms with Crippen LogP contribution in [-0.4, -0.2) is 28.7 Å². The third kappa shape index (κ3) is 3.07. The molecule has 0 N–H and O–H groups in total. The summed E-state index contributed by atoms with van der Waals surface area (Å²) in [6.45, 7) is 7.03. The van der Waals surface area contributed by atoms with Gasteiger partial charge in [0, 0.05) is 30.4 Å². The van der Waals surface area contributed by atoms with Gasteiger partial charge in [0.1, 0.15) is 4.32 Å². The second-order valence-corrected chi connectivity index (χ2v) is 8.26. The summed E-state index contributed by atoms with van der Waals surface area (Å²) < 4.78 is 0.637. The van der Waals surface area contributed by atoms with Gasteiger partial charge in [0.2, 0.25) is 0 Å². The summed E-state index contributed by atoms with van der Waals surface area (Å²) in [5.74, 6) is 0.000484. The summed E-state index contributed by atoms with van der Waals surface area (Å²) in [6.07, 6.45) is 7.89. The lowest BCUT2D eigenvalue weighted by molar-refractivity contribution is -0.122. The number of hydrogen-bond acceptors (Lipinski definition) is 4. The molecule has 2 aliphatic rings. The zero-order valence-corrected chi connectivity index (χ0v) is 16.6. The van der Waals surface area contributed by atoms with Crippen LogP contribution < -0.4 is 4.90 Å². The van der Waals surface area contributed by atoms with Crippen molar-refractivity contribution in [3.05, 3.63) is 64.7 Å². The van der Waals surface area contributed by atoms with Crippen LogP contribution in [0.2, 0.25) is 0 Å². The molecule has 1 fully saturated rings. The van der Waals surface area contributed by atoms with E-state index in [1.165, 1.54) is 28.7 Å². The molecule has 3 rings (SSSR count). The molecule has 1 saturated heterocycles. The van der Waals surface area contributed by atoms with E-state index < -0.39 is 0 Å². The number of thioether (sulfide) groups is 1. The third-order valence-electron chi connectivity index (χ3n) is 4.74. The summed E-state index contributed by atoms with van der Waals surface area (Å²) in [4.78, 5) is 16.7. The minimum Gasteiger partial charge on any atom is -0.347 e. The van der Waals surface area contributed by atoms with Crippen molar-refractivity contribution in [2.45, 2.75) is 26.2 Å². The average molecular weight is 371 g/mol. The van der Waals surface area contributed by atoms with Crippen LogP contribution in [0.25, 0.3) is 0 Å². The van der Waals surface area contributed by atoms with Crippen molar-refractivity contribution < 1.29 is 4.79 Å². The summed E-state index contributed by atoms with van der Waals surface area (Å²) >= 11 is 6.60. The minimum absolute atomic E-state index is 0.000484. The highest BCUT2D eigenvalue weighted by Crippen LogP contribution is 2.46. The number of allylic oxidation sites excluding steroid dienone is 5. The van der Waals surface area contributed by atoms with Crippen molar-refractivity contribution in [1.29, 1.82) is 0 Å². The van der Waals surface area contributed by atoms with Crippen LogP contribution in [0, 0.1) is 0 Å². The van der Waals surface area contributed by atoms with Crippen LogP contribution >= 0.6 is 24.0 Å². The maximum atomic E-state index is 12.2. The Hall–Kier alpha value is -1.85. The highest BCUT2D eigenvalue weighted by Gasteiger charge is 2.37. The molecule has 1 amide bonds. The van der Waals surface area contributed by atoms with Gasteiger partial charge in [-0.2, -0.15) is 0 Å². The normalized spacial score (nSPS) is 22.7. The molecule has 1 aromatic carbocycles. The Kier molecular flexibility index (Phi) is 4.89. The maximum absolute atomic E-state index is 12.2. The summed E-state index contributed by atoms with van der Waals surface area (Å²) in [5, 5.41) is 0. The van der Waals surface area contributed by atoms with Crippen molar-refractivity contribution in [2.75, 3.05) is 18.5 Å². The smallest absolute Gasteiger partial charge is 0.266 e. The lowest BCUT2D eigenvalue weighted by Crippen LogP contribution is -2.27. The summed E-state index contributed by atoms with van der Waals surface area (Å²) in [7, 11) is 2.10. The van der Waals surface area contributed by atoms with Gasteiger partial charge in [-0.25, -0.2) is 0 Å². The van der Waals surface area contributed by atoms with Crippen LogP contribution in [0.1, 0.15) is 26.3 Å². The molecular weight excluding hydrogens is 348 g/mol. The number of nitrogens with zero attached hydrogens (tertiary/aromatic N) is 2. The Morgan fingerprint density at radius 3 is 2.52 bits per heavy atom. The van der Waals surface area contributed by atoms with Crippen LogP contribution in [-0.2, 0) is 10.2 Å². The molecule has 0 saturated carbocycles. The number of fused-ring (bicyclic) bond motifs is 1. The second-order valence-electron chi connectivity index (χ2n) is 6.59. The first kappa shape index (κ1) is 18.0. The molecule has 1 aromatic rings. The van der Waals surface area contributed by atoms with E-state index in [9.17, 15) is 4.79 Å². The Morgan fingerprint density at radius 1 is 1.20 bits per heavy atom. The van der Waals surface area contributed by atoms with E-state index in [2.05, 4.69) is 56.1 Å². The van der Waals surface area contributed by atoms with Crippen molar-refractivity contribution in [2.24, 2.45) is 0 Å². The Balaban J connectivity index is 1.81. The van der Waals surface area contributed by atoms with E-state index in [1.54, 1.807) is 4.90 Å². The number of anilines is 1. The standard InChI is InChI=1S/C20H22N2OS2/c1-5-22-18(23)16(25-19(22)24)12-8-9-13-17-20(2,3)14-10-6-7-11-15(14)21(17)4/h6-13H,5H2,1-4H3/b9-8+,16-12+,17-13+. The lowest BCUT2D eigenvalue weighted by atomic mass is 9.84. The summed E-state index contributed by atoms with van der Waals surface area (Å²) in [5.41, 5.74) is 3.78. The Labute approximate surface area is 159 Å². The molecule has 0 aromatic heterocycles. The van der Waals surface area contributed by atoms with Crippen LogP contribution in [0.5, 0.6) is 0 Å². The second kappa shape index (κ2) is 6.81. The summed E-state index contributed by atoms with van der Waals surface area (Å²) in [6, 6.07) is 8.49. The first-order valence-electron chi connectivity index (χ1n) is 8.34. The fourth-order valence-electron chi connectivity index (χ4n) is 3.38. The molecule has 130 valence electrons. The molecular formula is C20H22N2OS2. The lowest BCUT2D eigenvalue weighted by Gasteiger charge is -2.23. The maximum Gasteiger partial charge on any atom is 0.266 e. The number of likely N-dealkylation sites (N-methyl/N-ethyl adjacent to an activating group) is 2. The van der Waals surface area contributed by atoms with E-state index in [1.807, 2.05) is 25.2 Å². The van der Waals surface area contributed by atoms with E-state index in [0.29, 0.717) is 15.8 Å². The van der Waals surface area contributed by atoms with Gasteiger partial charge in [0.25, 0.3) is 5.91 Å². The third-order valence-corrected chi connectivity index (χ3v) is 6.14. The van der Waals surface area contributed by atoms with Gasteiger partial charge in [0.05, 0.1) is 4.91 Å². The van der Waals surface area contributed by atoms with E-state index in [0.717, 1.165) is 0 Å². The fraction of sp³-hybridized carbons (Fsp3) is 0.300.